The number of hydrogen-bond donors (Lipinski definition) is 2. The molecule has 9 nitrogen and oxygen atoms in total. The maximum absolute atomic E-state index is 12.6. The lowest BCUT2D eigenvalue weighted by atomic mass is 10.1. The van der Waals surface area contributed by atoms with Crippen LogP contribution in [0, 0.1) is 13.8 Å². The molecule has 1 unspecified atom stereocenters. The second kappa shape index (κ2) is 7.51. The molecule has 1 fully saturated rings. The predicted molar refractivity (Wildman–Crippen MR) is 102 cm³/mol. The van der Waals surface area contributed by atoms with Crippen molar-refractivity contribution in [3.8, 4) is 0 Å². The first-order chi connectivity index (χ1) is 13.5. The largest absolute Gasteiger partial charge is 0.376 e. The second-order valence-electron chi connectivity index (χ2n) is 7.11. The molecule has 9 heteroatoms. The standard InChI is InChI=1S/C19H22N6O3/c1-11-5-6-12(2)13(8-11)9-20-19(27)16-21-17-15(18(26)22-16)23-24-25(17)10-14-4-3-7-28-14/h5-6,8,14H,3-4,7,9-10H2,1-2H3,(H,20,27)(H,21,22,26). The molecule has 1 aliphatic heterocycles. The Morgan fingerprint density at radius 1 is 1.39 bits per heavy atom. The molecule has 0 radical (unpaired) electrons. The van der Waals surface area contributed by atoms with E-state index in [1.165, 1.54) is 4.68 Å². The number of nitrogens with one attached hydrogen (secondary N) is 2. The van der Waals surface area contributed by atoms with Gasteiger partial charge in [0.1, 0.15) is 0 Å². The lowest BCUT2D eigenvalue weighted by molar-refractivity contribution is 0.0938. The molecule has 146 valence electrons. The zero-order chi connectivity index (χ0) is 19.7. The Kier molecular flexibility index (Phi) is 4.91. The number of aromatic amines is 1. The van der Waals surface area contributed by atoms with Crippen LogP contribution in [-0.4, -0.2) is 43.6 Å². The molecule has 0 bridgehead atoms. The number of carbonyl (C=O) groups excluding carboxylic acids is 1. The Morgan fingerprint density at radius 3 is 3.04 bits per heavy atom. The highest BCUT2D eigenvalue weighted by atomic mass is 16.5. The summed E-state index contributed by atoms with van der Waals surface area (Å²) in [6.45, 7) is 5.51. The highest BCUT2D eigenvalue weighted by Gasteiger charge is 2.21. The smallest absolute Gasteiger partial charge is 0.287 e. The molecule has 28 heavy (non-hydrogen) atoms. The maximum atomic E-state index is 12.6. The predicted octanol–water partition coefficient (Wildman–Crippen LogP) is 1.24. The Hall–Kier alpha value is -3.07. The van der Waals surface area contributed by atoms with Crippen LogP contribution in [-0.2, 0) is 17.8 Å². The van der Waals surface area contributed by atoms with E-state index in [0.29, 0.717) is 13.1 Å². The van der Waals surface area contributed by atoms with Crippen molar-refractivity contribution in [3.63, 3.8) is 0 Å². The highest BCUT2D eigenvalue weighted by molar-refractivity contribution is 5.91. The van der Waals surface area contributed by atoms with Gasteiger partial charge in [0.05, 0.1) is 12.6 Å². The SMILES string of the molecule is Cc1ccc(C)c(CNC(=O)c2nc3c(nnn3CC3CCCO3)c(=O)[nH]2)c1. The second-order valence-corrected chi connectivity index (χ2v) is 7.11. The number of ether oxygens (including phenoxy) is 1. The van der Waals surface area contributed by atoms with E-state index in [4.69, 9.17) is 4.74 Å². The Balaban J connectivity index is 1.56. The monoisotopic (exact) mass is 382 g/mol. The number of hydrogen-bond acceptors (Lipinski definition) is 6. The molecule has 0 aliphatic carbocycles. The van der Waals surface area contributed by atoms with Crippen molar-refractivity contribution >= 4 is 17.1 Å². The van der Waals surface area contributed by atoms with Crippen LogP contribution in [0.4, 0.5) is 0 Å². The first-order valence-corrected chi connectivity index (χ1v) is 9.30. The van der Waals surface area contributed by atoms with Gasteiger partial charge >= 0.3 is 0 Å². The summed E-state index contributed by atoms with van der Waals surface area (Å²) in [4.78, 5) is 31.7. The number of rotatable bonds is 5. The van der Waals surface area contributed by atoms with Crippen molar-refractivity contribution in [3.05, 3.63) is 51.1 Å². The van der Waals surface area contributed by atoms with Gasteiger partial charge in [-0.25, -0.2) is 9.67 Å². The van der Waals surface area contributed by atoms with Crippen molar-refractivity contribution < 1.29 is 9.53 Å². The van der Waals surface area contributed by atoms with Crippen molar-refractivity contribution in [1.29, 1.82) is 0 Å². The van der Waals surface area contributed by atoms with Crippen LogP contribution in [0.3, 0.4) is 0 Å². The Morgan fingerprint density at radius 2 is 2.25 bits per heavy atom. The minimum atomic E-state index is -0.486. The van der Waals surface area contributed by atoms with Gasteiger partial charge in [-0.2, -0.15) is 0 Å². The molecule has 2 N–H and O–H groups in total. The van der Waals surface area contributed by atoms with Gasteiger partial charge in [-0.3, -0.25) is 9.59 Å². The molecular weight excluding hydrogens is 360 g/mol. The highest BCUT2D eigenvalue weighted by Crippen LogP contribution is 2.15. The molecule has 0 saturated carbocycles. The minimum absolute atomic E-state index is 0.0209. The van der Waals surface area contributed by atoms with Crippen LogP contribution in [0.25, 0.3) is 11.2 Å². The molecule has 4 rings (SSSR count). The first kappa shape index (κ1) is 18.3. The van der Waals surface area contributed by atoms with E-state index in [1.807, 2.05) is 32.0 Å². The number of aromatic nitrogens is 5. The average molecular weight is 382 g/mol. The number of fused-ring (bicyclic) bond motifs is 1. The van der Waals surface area contributed by atoms with E-state index in [2.05, 4.69) is 25.6 Å². The van der Waals surface area contributed by atoms with E-state index in [0.717, 1.165) is 36.1 Å². The summed E-state index contributed by atoms with van der Waals surface area (Å²) in [5.74, 6) is -0.511. The van der Waals surface area contributed by atoms with Gasteiger partial charge in [0.2, 0.25) is 5.82 Å². The van der Waals surface area contributed by atoms with Crippen LogP contribution in [0.2, 0.25) is 0 Å². The summed E-state index contributed by atoms with van der Waals surface area (Å²) in [6.07, 6.45) is 1.94. The van der Waals surface area contributed by atoms with Crippen LogP contribution in [0.5, 0.6) is 0 Å². The summed E-state index contributed by atoms with van der Waals surface area (Å²) in [6, 6.07) is 6.06. The Labute approximate surface area is 161 Å². The molecule has 1 amide bonds. The summed E-state index contributed by atoms with van der Waals surface area (Å²) >= 11 is 0. The molecule has 1 saturated heterocycles. The number of carbonyl (C=O) groups is 1. The molecule has 1 aromatic carbocycles. The first-order valence-electron chi connectivity index (χ1n) is 9.30. The van der Waals surface area contributed by atoms with E-state index in [-0.39, 0.29) is 23.1 Å². The zero-order valence-electron chi connectivity index (χ0n) is 15.9. The lowest BCUT2D eigenvalue weighted by Gasteiger charge is -2.10. The number of nitrogens with zero attached hydrogens (tertiary/aromatic N) is 4. The number of amides is 1. The zero-order valence-corrected chi connectivity index (χ0v) is 15.9. The quantitative estimate of drug-likeness (QED) is 0.686. The lowest BCUT2D eigenvalue weighted by Crippen LogP contribution is -2.28. The van der Waals surface area contributed by atoms with E-state index in [9.17, 15) is 9.59 Å². The van der Waals surface area contributed by atoms with Gasteiger partial charge in [0.25, 0.3) is 11.5 Å². The van der Waals surface area contributed by atoms with Gasteiger partial charge in [-0.05, 0) is 37.8 Å². The summed E-state index contributed by atoms with van der Waals surface area (Å²) in [5, 5.41) is 10.7. The molecule has 3 aromatic rings. The fourth-order valence-electron chi connectivity index (χ4n) is 3.33. The maximum Gasteiger partial charge on any atom is 0.287 e. The molecule has 2 aromatic heterocycles. The fraction of sp³-hybridized carbons (Fsp3) is 0.421. The summed E-state index contributed by atoms with van der Waals surface area (Å²) in [5.41, 5.74) is 3.14. The van der Waals surface area contributed by atoms with E-state index in [1.54, 1.807) is 0 Å². The van der Waals surface area contributed by atoms with Gasteiger partial charge in [-0.15, -0.1) is 5.10 Å². The third-order valence-corrected chi connectivity index (χ3v) is 4.93. The fourth-order valence-corrected chi connectivity index (χ4v) is 3.33. The number of aryl methyl sites for hydroxylation is 2. The third kappa shape index (κ3) is 3.65. The topological polar surface area (TPSA) is 115 Å². The molecule has 0 spiro atoms. The van der Waals surface area contributed by atoms with Crippen molar-refractivity contribution in [2.75, 3.05) is 6.61 Å². The van der Waals surface area contributed by atoms with Crippen LogP contribution in [0.1, 0.15) is 40.2 Å². The summed E-state index contributed by atoms with van der Waals surface area (Å²) < 4.78 is 7.14. The molecule has 1 aliphatic rings. The molecule has 3 heterocycles. The van der Waals surface area contributed by atoms with Gasteiger partial charge in [0.15, 0.2) is 11.2 Å². The molecular formula is C19H22N6O3. The molecule has 1 atom stereocenters. The third-order valence-electron chi connectivity index (χ3n) is 4.93. The van der Waals surface area contributed by atoms with E-state index < -0.39 is 11.5 Å². The van der Waals surface area contributed by atoms with Crippen molar-refractivity contribution in [1.82, 2.24) is 30.3 Å². The van der Waals surface area contributed by atoms with Crippen LogP contribution < -0.4 is 10.9 Å². The van der Waals surface area contributed by atoms with Gasteiger partial charge < -0.3 is 15.0 Å². The van der Waals surface area contributed by atoms with Crippen molar-refractivity contribution in [2.45, 2.75) is 45.9 Å². The van der Waals surface area contributed by atoms with E-state index >= 15 is 0 Å². The number of benzene rings is 1. The minimum Gasteiger partial charge on any atom is -0.376 e. The summed E-state index contributed by atoms with van der Waals surface area (Å²) in [7, 11) is 0. The van der Waals surface area contributed by atoms with Gasteiger partial charge in [0, 0.05) is 13.2 Å². The average Bonchev–Trinajstić information content (AvgIpc) is 3.33. The van der Waals surface area contributed by atoms with Gasteiger partial charge in [-0.1, -0.05) is 29.0 Å². The van der Waals surface area contributed by atoms with Crippen LogP contribution >= 0.6 is 0 Å². The normalized spacial score (nSPS) is 16.6. The van der Waals surface area contributed by atoms with Crippen LogP contribution in [0.15, 0.2) is 23.0 Å². The van der Waals surface area contributed by atoms with Crippen molar-refractivity contribution in [2.24, 2.45) is 0 Å². The number of H-pyrrole nitrogens is 1. The Bertz CT molecular complexity index is 1080.